The fourth-order valence-corrected chi connectivity index (χ4v) is 0.909. The van der Waals surface area contributed by atoms with E-state index in [1.54, 1.807) is 11.8 Å². The molecule has 0 aliphatic rings. The number of rotatable bonds is 3. The third kappa shape index (κ3) is 4.29. The Balaban J connectivity index is 3.53. The van der Waals surface area contributed by atoms with Gasteiger partial charge in [0.2, 0.25) is 0 Å². The summed E-state index contributed by atoms with van der Waals surface area (Å²) in [5.41, 5.74) is 2.53. The maximum Gasteiger partial charge on any atom is 0.120 e. The molecular formula is C5H13N3S. The summed E-state index contributed by atoms with van der Waals surface area (Å²) in [6, 6.07) is 0. The minimum atomic E-state index is 0.792. The number of nitrogens with one attached hydrogen (secondary N) is 1. The van der Waals surface area contributed by atoms with E-state index in [9.17, 15) is 0 Å². The van der Waals surface area contributed by atoms with Crippen molar-refractivity contribution >= 4 is 17.6 Å². The summed E-state index contributed by atoms with van der Waals surface area (Å²) < 4.78 is 0. The molecule has 3 N–H and O–H groups in total. The van der Waals surface area contributed by atoms with Gasteiger partial charge in [0.25, 0.3) is 0 Å². The van der Waals surface area contributed by atoms with Crippen molar-refractivity contribution in [2.24, 2.45) is 10.8 Å². The van der Waals surface area contributed by atoms with Gasteiger partial charge in [-0.2, -0.15) is 11.8 Å². The van der Waals surface area contributed by atoms with Crippen LogP contribution in [0.3, 0.4) is 0 Å². The number of thioether (sulfide) groups is 1. The van der Waals surface area contributed by atoms with Crippen LogP contribution in [0.5, 0.6) is 0 Å². The van der Waals surface area contributed by atoms with Gasteiger partial charge in [0.15, 0.2) is 0 Å². The zero-order valence-electron chi connectivity index (χ0n) is 5.85. The Morgan fingerprint density at radius 1 is 1.78 bits per heavy atom. The van der Waals surface area contributed by atoms with Gasteiger partial charge in [-0.25, -0.2) is 5.84 Å². The molecule has 0 saturated heterocycles. The lowest BCUT2D eigenvalue weighted by molar-refractivity contribution is 0.986. The molecule has 0 aromatic rings. The van der Waals surface area contributed by atoms with Crippen molar-refractivity contribution in [3.8, 4) is 0 Å². The average molecular weight is 147 g/mol. The highest BCUT2D eigenvalue weighted by Gasteiger charge is 1.90. The van der Waals surface area contributed by atoms with Gasteiger partial charge >= 0.3 is 0 Å². The first-order valence-electron chi connectivity index (χ1n) is 2.84. The maximum atomic E-state index is 5.15. The van der Waals surface area contributed by atoms with E-state index >= 15 is 0 Å². The maximum absolute atomic E-state index is 5.15. The highest BCUT2D eigenvalue weighted by Crippen LogP contribution is 1.90. The predicted octanol–water partition coefficient (Wildman–Crippen LogP) is 0.231. The highest BCUT2D eigenvalue weighted by molar-refractivity contribution is 7.99. The Bertz CT molecular complexity index is 92.2. The first kappa shape index (κ1) is 8.78. The molecule has 0 atom stereocenters. The molecule has 9 heavy (non-hydrogen) atoms. The average Bonchev–Trinajstić information content (AvgIpc) is 1.88. The van der Waals surface area contributed by atoms with Crippen molar-refractivity contribution in [3.05, 3.63) is 0 Å². The molecule has 0 saturated carbocycles. The van der Waals surface area contributed by atoms with Crippen molar-refractivity contribution < 1.29 is 0 Å². The number of nitrogens with zero attached hydrogens (tertiary/aromatic N) is 1. The van der Waals surface area contributed by atoms with Gasteiger partial charge in [-0.1, -0.05) is 0 Å². The van der Waals surface area contributed by atoms with Crippen LogP contribution in [0.15, 0.2) is 4.99 Å². The first-order valence-corrected chi connectivity index (χ1v) is 4.23. The fourth-order valence-electron chi connectivity index (χ4n) is 0.461. The Kier molecular flexibility index (Phi) is 5.76. The van der Waals surface area contributed by atoms with Crippen molar-refractivity contribution in [1.82, 2.24) is 5.43 Å². The van der Waals surface area contributed by atoms with Crippen molar-refractivity contribution in [1.29, 1.82) is 0 Å². The van der Waals surface area contributed by atoms with Gasteiger partial charge in [-0.15, -0.1) is 0 Å². The number of amidine groups is 1. The molecule has 4 heteroatoms. The van der Waals surface area contributed by atoms with E-state index in [0.29, 0.717) is 0 Å². The molecule has 0 aromatic carbocycles. The van der Waals surface area contributed by atoms with Gasteiger partial charge in [0, 0.05) is 6.54 Å². The quantitative estimate of drug-likeness (QED) is 0.260. The first-order chi connectivity index (χ1) is 4.35. The fraction of sp³-hybridized carbons (Fsp3) is 0.800. The Morgan fingerprint density at radius 3 is 2.78 bits per heavy atom. The highest BCUT2D eigenvalue weighted by atomic mass is 32.2. The van der Waals surface area contributed by atoms with Gasteiger partial charge in [0.05, 0.1) is 5.75 Å². The predicted molar refractivity (Wildman–Crippen MR) is 43.7 cm³/mol. The summed E-state index contributed by atoms with van der Waals surface area (Å²) >= 11 is 1.70. The van der Waals surface area contributed by atoms with Crippen LogP contribution in [0.4, 0.5) is 0 Å². The van der Waals surface area contributed by atoms with Crippen LogP contribution >= 0.6 is 11.8 Å². The minimum absolute atomic E-state index is 0.792. The van der Waals surface area contributed by atoms with E-state index in [0.717, 1.165) is 18.1 Å². The Labute approximate surface area is 60.1 Å². The second-order valence-electron chi connectivity index (χ2n) is 1.50. The van der Waals surface area contributed by atoms with E-state index < -0.39 is 0 Å². The zero-order chi connectivity index (χ0) is 7.11. The van der Waals surface area contributed by atoms with Crippen molar-refractivity contribution in [2.75, 3.05) is 18.6 Å². The lowest BCUT2D eigenvalue weighted by Crippen LogP contribution is -2.32. The topological polar surface area (TPSA) is 50.4 Å². The van der Waals surface area contributed by atoms with E-state index in [1.165, 1.54) is 0 Å². The second kappa shape index (κ2) is 5.91. The van der Waals surface area contributed by atoms with Crippen molar-refractivity contribution in [2.45, 2.75) is 6.92 Å². The third-order valence-corrected chi connectivity index (χ3v) is 1.36. The van der Waals surface area contributed by atoms with Gasteiger partial charge in [0.1, 0.15) is 5.84 Å². The van der Waals surface area contributed by atoms with E-state index in [-0.39, 0.29) is 0 Å². The second-order valence-corrected chi connectivity index (χ2v) is 2.36. The summed E-state index contributed by atoms with van der Waals surface area (Å²) in [6.45, 7) is 2.78. The zero-order valence-corrected chi connectivity index (χ0v) is 6.66. The summed E-state index contributed by atoms with van der Waals surface area (Å²) in [4.78, 5) is 4.09. The molecule has 0 aliphatic heterocycles. The minimum Gasteiger partial charge on any atom is -0.312 e. The van der Waals surface area contributed by atoms with Crippen LogP contribution < -0.4 is 11.3 Å². The molecule has 0 radical (unpaired) electrons. The largest absolute Gasteiger partial charge is 0.312 e. The lowest BCUT2D eigenvalue weighted by atomic mass is 10.6. The summed E-state index contributed by atoms with van der Waals surface area (Å²) in [5, 5.41) is 0. The number of hydrogen-bond acceptors (Lipinski definition) is 3. The molecule has 0 unspecified atom stereocenters. The van der Waals surface area contributed by atoms with Crippen LogP contribution in [0.1, 0.15) is 6.92 Å². The van der Waals surface area contributed by atoms with Crippen LogP contribution in [0, 0.1) is 0 Å². The lowest BCUT2D eigenvalue weighted by Gasteiger charge is -2.00. The monoisotopic (exact) mass is 147 g/mol. The van der Waals surface area contributed by atoms with Gasteiger partial charge in [-0.05, 0) is 13.2 Å². The molecule has 0 fully saturated rings. The SMILES string of the molecule is CCN=C(CSC)NN. The molecule has 0 aliphatic carbocycles. The summed E-state index contributed by atoms with van der Waals surface area (Å²) in [6.07, 6.45) is 2.02. The summed E-state index contributed by atoms with van der Waals surface area (Å²) in [5.74, 6) is 6.88. The molecule has 0 bridgehead atoms. The van der Waals surface area contributed by atoms with Gasteiger partial charge in [-0.3, -0.25) is 4.99 Å². The number of nitrogens with two attached hydrogens (primary N) is 1. The van der Waals surface area contributed by atoms with Gasteiger partial charge < -0.3 is 5.43 Å². The van der Waals surface area contributed by atoms with Crippen LogP contribution in [-0.4, -0.2) is 24.4 Å². The molecule has 3 nitrogen and oxygen atoms in total. The number of aliphatic imine (C=N–C) groups is 1. The Morgan fingerprint density at radius 2 is 2.44 bits per heavy atom. The molecule has 0 heterocycles. The molecule has 0 spiro atoms. The number of hydrazine groups is 1. The van der Waals surface area contributed by atoms with E-state index in [1.807, 2.05) is 13.2 Å². The molecule has 0 rings (SSSR count). The third-order valence-electron chi connectivity index (χ3n) is 0.797. The molecule has 0 aromatic heterocycles. The normalized spacial score (nSPS) is 11.7. The van der Waals surface area contributed by atoms with E-state index in [4.69, 9.17) is 5.84 Å². The van der Waals surface area contributed by atoms with Crippen LogP contribution in [0.25, 0.3) is 0 Å². The van der Waals surface area contributed by atoms with Crippen LogP contribution in [0.2, 0.25) is 0 Å². The Hall–Kier alpha value is -0.220. The molecule has 54 valence electrons. The summed E-state index contributed by atoms with van der Waals surface area (Å²) in [7, 11) is 0. The number of hydrogen-bond donors (Lipinski definition) is 2. The standard InChI is InChI=1S/C5H13N3S/c1-3-7-5(8-6)4-9-2/h3-4,6H2,1-2H3,(H,7,8). The van der Waals surface area contributed by atoms with E-state index in [2.05, 4.69) is 10.4 Å². The smallest absolute Gasteiger partial charge is 0.120 e. The molecular weight excluding hydrogens is 134 g/mol. The van der Waals surface area contributed by atoms with Crippen molar-refractivity contribution in [3.63, 3.8) is 0 Å². The van der Waals surface area contributed by atoms with Crippen LogP contribution in [-0.2, 0) is 0 Å². The molecule has 0 amide bonds.